The number of thioether (sulfide) groups is 1. The predicted molar refractivity (Wildman–Crippen MR) is 123 cm³/mol. The number of alkyl halides is 2. The SMILES string of the molecule is CC(C)OC(=O)CCCCCCN1C(=O)SCC[C@@H]1C=C[C@@H](O)C(F)(F)c1ccccc1. The van der Waals surface area contributed by atoms with Crippen LogP contribution in [0.4, 0.5) is 13.6 Å². The van der Waals surface area contributed by atoms with Crippen LogP contribution < -0.4 is 0 Å². The number of aliphatic hydroxyl groups excluding tert-OH is 1. The van der Waals surface area contributed by atoms with Crippen LogP contribution in [0.15, 0.2) is 42.5 Å². The molecule has 0 spiro atoms. The first-order chi connectivity index (χ1) is 15.2. The smallest absolute Gasteiger partial charge is 0.306 e. The molecule has 0 aliphatic carbocycles. The summed E-state index contributed by atoms with van der Waals surface area (Å²) in [6.07, 6.45) is 4.79. The predicted octanol–water partition coefficient (Wildman–Crippen LogP) is 5.53. The molecule has 0 unspecified atom stereocenters. The van der Waals surface area contributed by atoms with Crippen molar-refractivity contribution < 1.29 is 28.2 Å². The number of nitrogens with zero attached hydrogens (tertiary/aromatic N) is 1. The van der Waals surface area contributed by atoms with E-state index in [2.05, 4.69) is 0 Å². The van der Waals surface area contributed by atoms with Crippen molar-refractivity contribution in [3.8, 4) is 0 Å². The first kappa shape index (κ1) is 26.3. The van der Waals surface area contributed by atoms with E-state index in [4.69, 9.17) is 4.74 Å². The topological polar surface area (TPSA) is 66.8 Å². The standard InChI is InChI=1S/C24H33F2NO4S/c1-18(2)31-22(29)12-8-3-4-9-16-27-20(15-17-32-23(27)30)13-14-21(28)24(25,26)19-10-6-5-7-11-19/h5-7,10-11,13-14,18,20-21,28H,3-4,8-9,12,15-17H2,1-2H3/t20-,21+/m0/s1. The molecule has 1 amide bonds. The van der Waals surface area contributed by atoms with E-state index in [1.807, 2.05) is 13.8 Å². The summed E-state index contributed by atoms with van der Waals surface area (Å²) in [4.78, 5) is 25.6. The Morgan fingerprint density at radius 3 is 2.62 bits per heavy atom. The minimum atomic E-state index is -3.41. The van der Waals surface area contributed by atoms with Crippen LogP contribution in [0.5, 0.6) is 0 Å². The maximum atomic E-state index is 14.5. The number of rotatable bonds is 12. The molecular formula is C24H33F2NO4S. The molecule has 1 aromatic carbocycles. The Labute approximate surface area is 193 Å². The van der Waals surface area contributed by atoms with Crippen molar-refractivity contribution >= 4 is 23.0 Å². The van der Waals surface area contributed by atoms with Gasteiger partial charge in [-0.2, -0.15) is 8.78 Å². The highest BCUT2D eigenvalue weighted by atomic mass is 32.2. The van der Waals surface area contributed by atoms with Crippen molar-refractivity contribution in [2.75, 3.05) is 12.3 Å². The molecule has 1 N–H and O–H groups in total. The van der Waals surface area contributed by atoms with E-state index in [1.165, 1.54) is 42.1 Å². The Balaban J connectivity index is 1.83. The molecule has 1 aliphatic heterocycles. The fourth-order valence-electron chi connectivity index (χ4n) is 3.51. The fourth-order valence-corrected chi connectivity index (χ4v) is 4.44. The van der Waals surface area contributed by atoms with E-state index < -0.39 is 12.0 Å². The highest BCUT2D eigenvalue weighted by Crippen LogP contribution is 2.33. The van der Waals surface area contributed by atoms with Gasteiger partial charge in [-0.15, -0.1) is 0 Å². The lowest BCUT2D eigenvalue weighted by Crippen LogP contribution is -2.41. The summed E-state index contributed by atoms with van der Waals surface area (Å²) in [5.74, 6) is -2.99. The number of amides is 1. The molecule has 8 heteroatoms. The van der Waals surface area contributed by atoms with E-state index in [0.29, 0.717) is 25.1 Å². The van der Waals surface area contributed by atoms with Crippen molar-refractivity contribution in [3.63, 3.8) is 0 Å². The molecule has 0 radical (unpaired) electrons. The minimum absolute atomic E-state index is 0.0734. The third kappa shape index (κ3) is 8.20. The minimum Gasteiger partial charge on any atom is -0.463 e. The van der Waals surface area contributed by atoms with Gasteiger partial charge in [-0.3, -0.25) is 9.59 Å². The Kier molecular flexibility index (Phi) is 10.6. The molecule has 178 valence electrons. The number of unbranched alkanes of at least 4 members (excludes halogenated alkanes) is 3. The molecule has 2 atom stereocenters. The van der Waals surface area contributed by atoms with Crippen LogP contribution >= 0.6 is 11.8 Å². The van der Waals surface area contributed by atoms with Gasteiger partial charge in [-0.25, -0.2) is 0 Å². The van der Waals surface area contributed by atoms with Gasteiger partial charge >= 0.3 is 11.9 Å². The Morgan fingerprint density at radius 2 is 1.94 bits per heavy atom. The van der Waals surface area contributed by atoms with Crippen LogP contribution in [0, 0.1) is 0 Å². The van der Waals surface area contributed by atoms with Gasteiger partial charge in [0.2, 0.25) is 0 Å². The van der Waals surface area contributed by atoms with Gasteiger partial charge in [0.05, 0.1) is 12.1 Å². The maximum absolute atomic E-state index is 14.5. The number of benzene rings is 1. The van der Waals surface area contributed by atoms with Crippen molar-refractivity contribution in [2.45, 2.75) is 76.5 Å². The van der Waals surface area contributed by atoms with Crippen LogP contribution in [-0.2, 0) is 15.5 Å². The van der Waals surface area contributed by atoms with E-state index >= 15 is 0 Å². The molecule has 1 fully saturated rings. The van der Waals surface area contributed by atoms with Crippen LogP contribution in [0.25, 0.3) is 0 Å². The third-order valence-corrected chi connectivity index (χ3v) is 6.14. The van der Waals surface area contributed by atoms with Crippen molar-refractivity contribution in [1.82, 2.24) is 4.90 Å². The van der Waals surface area contributed by atoms with Gasteiger partial charge in [0.1, 0.15) is 6.10 Å². The summed E-state index contributed by atoms with van der Waals surface area (Å²) < 4.78 is 34.1. The highest BCUT2D eigenvalue weighted by molar-refractivity contribution is 8.13. The number of esters is 1. The first-order valence-corrected chi connectivity index (χ1v) is 12.1. The van der Waals surface area contributed by atoms with Crippen LogP contribution in [0.1, 0.15) is 57.9 Å². The van der Waals surface area contributed by atoms with Crippen molar-refractivity contribution in [1.29, 1.82) is 0 Å². The largest absolute Gasteiger partial charge is 0.463 e. The van der Waals surface area contributed by atoms with Crippen LogP contribution in [0.3, 0.4) is 0 Å². The van der Waals surface area contributed by atoms with Crippen LogP contribution in [0.2, 0.25) is 0 Å². The lowest BCUT2D eigenvalue weighted by Gasteiger charge is -2.33. The number of ether oxygens (including phenoxy) is 1. The Morgan fingerprint density at radius 1 is 1.25 bits per heavy atom. The van der Waals surface area contributed by atoms with E-state index in [0.717, 1.165) is 31.8 Å². The van der Waals surface area contributed by atoms with Gasteiger partial charge in [-0.1, -0.05) is 67.1 Å². The second-order valence-corrected chi connectivity index (χ2v) is 9.23. The zero-order valence-electron chi connectivity index (χ0n) is 18.7. The second kappa shape index (κ2) is 12.9. The highest BCUT2D eigenvalue weighted by Gasteiger charge is 2.39. The normalized spacial score (nSPS) is 18.4. The lowest BCUT2D eigenvalue weighted by molar-refractivity contribution is -0.147. The molecule has 1 saturated heterocycles. The second-order valence-electron chi connectivity index (χ2n) is 8.19. The molecule has 0 bridgehead atoms. The molecule has 1 heterocycles. The summed E-state index contributed by atoms with van der Waals surface area (Å²) in [6.45, 7) is 4.15. The average Bonchev–Trinajstić information content (AvgIpc) is 2.75. The molecular weight excluding hydrogens is 436 g/mol. The number of hydrogen-bond donors (Lipinski definition) is 1. The first-order valence-electron chi connectivity index (χ1n) is 11.1. The Hall–Kier alpha value is -1.93. The summed E-state index contributed by atoms with van der Waals surface area (Å²) in [5.41, 5.74) is -0.249. The summed E-state index contributed by atoms with van der Waals surface area (Å²) >= 11 is 1.23. The summed E-state index contributed by atoms with van der Waals surface area (Å²) in [6, 6.07) is 6.91. The van der Waals surface area contributed by atoms with Gasteiger partial charge in [0, 0.05) is 24.3 Å². The van der Waals surface area contributed by atoms with Gasteiger partial charge in [0.25, 0.3) is 5.24 Å². The quantitative estimate of drug-likeness (QED) is 0.248. The number of halogens is 2. The zero-order valence-corrected chi connectivity index (χ0v) is 19.5. The molecule has 1 aliphatic rings. The van der Waals surface area contributed by atoms with E-state index in [-0.39, 0.29) is 28.9 Å². The number of aliphatic hydroxyl groups is 1. The van der Waals surface area contributed by atoms with Gasteiger partial charge in [-0.05, 0) is 33.1 Å². The van der Waals surface area contributed by atoms with Crippen LogP contribution in [-0.4, -0.2) is 51.8 Å². The van der Waals surface area contributed by atoms with Gasteiger partial charge in [0.15, 0.2) is 0 Å². The van der Waals surface area contributed by atoms with Crippen molar-refractivity contribution in [3.05, 3.63) is 48.0 Å². The number of carbonyl (C=O) groups is 2. The van der Waals surface area contributed by atoms with E-state index in [9.17, 15) is 23.5 Å². The summed E-state index contributed by atoms with van der Waals surface area (Å²) in [7, 11) is 0. The number of carbonyl (C=O) groups excluding carboxylic acids is 2. The third-order valence-electron chi connectivity index (χ3n) is 5.22. The monoisotopic (exact) mass is 469 g/mol. The summed E-state index contributed by atoms with van der Waals surface area (Å²) in [5, 5.41) is 10.0. The van der Waals surface area contributed by atoms with Gasteiger partial charge < -0.3 is 14.7 Å². The zero-order chi connectivity index (χ0) is 23.6. The maximum Gasteiger partial charge on any atom is 0.306 e. The molecule has 32 heavy (non-hydrogen) atoms. The average molecular weight is 470 g/mol. The number of hydrogen-bond acceptors (Lipinski definition) is 5. The molecule has 0 saturated carbocycles. The molecule has 2 rings (SSSR count). The Bertz CT molecular complexity index is 758. The fraction of sp³-hybridized carbons (Fsp3) is 0.583. The molecule has 0 aromatic heterocycles. The van der Waals surface area contributed by atoms with E-state index in [1.54, 1.807) is 11.0 Å². The van der Waals surface area contributed by atoms with Crippen molar-refractivity contribution in [2.24, 2.45) is 0 Å². The lowest BCUT2D eigenvalue weighted by atomic mass is 10.0. The molecule has 5 nitrogen and oxygen atoms in total. The molecule has 1 aromatic rings.